The Labute approximate surface area is 95.2 Å². The minimum Gasteiger partial charge on any atom is -0.300 e. The summed E-state index contributed by atoms with van der Waals surface area (Å²) in [7, 11) is 0. The normalized spacial score (nSPS) is 17.9. The van der Waals surface area contributed by atoms with Crippen LogP contribution in [-0.4, -0.2) is 24.5 Å². The second kappa shape index (κ2) is 9.72. The van der Waals surface area contributed by atoms with Gasteiger partial charge in [-0.1, -0.05) is 30.7 Å². The van der Waals surface area contributed by atoms with Crippen LogP contribution in [0.1, 0.15) is 33.1 Å². The fourth-order valence-corrected chi connectivity index (χ4v) is 1.74. The molecule has 1 aliphatic rings. The van der Waals surface area contributed by atoms with Gasteiger partial charge in [-0.2, -0.15) is 0 Å². The van der Waals surface area contributed by atoms with E-state index in [1.165, 1.54) is 31.5 Å². The summed E-state index contributed by atoms with van der Waals surface area (Å²) in [6, 6.07) is 0. The second-order valence-electron chi connectivity index (χ2n) is 3.63. The summed E-state index contributed by atoms with van der Waals surface area (Å²) >= 11 is 0. The van der Waals surface area contributed by atoms with Gasteiger partial charge in [0.2, 0.25) is 0 Å². The Bertz CT molecular complexity index is 197. The van der Waals surface area contributed by atoms with E-state index in [2.05, 4.69) is 50.1 Å². The monoisotopic (exact) mass is 207 g/mol. The Morgan fingerprint density at radius 1 is 1.27 bits per heavy atom. The van der Waals surface area contributed by atoms with Crippen LogP contribution < -0.4 is 0 Å². The summed E-state index contributed by atoms with van der Waals surface area (Å²) in [6.45, 7) is 14.0. The molecule has 86 valence electrons. The third kappa shape index (κ3) is 6.29. The highest BCUT2D eigenvalue weighted by Gasteiger charge is 2.08. The first-order chi connectivity index (χ1) is 7.36. The van der Waals surface area contributed by atoms with Crippen LogP contribution >= 0.6 is 0 Å². The van der Waals surface area contributed by atoms with Crippen molar-refractivity contribution in [3.05, 3.63) is 37.0 Å². The van der Waals surface area contributed by atoms with Crippen LogP contribution in [0.3, 0.4) is 0 Å². The minimum atomic E-state index is 1.14. The van der Waals surface area contributed by atoms with Crippen molar-refractivity contribution in [1.82, 2.24) is 4.90 Å². The van der Waals surface area contributed by atoms with Crippen LogP contribution in [0.25, 0.3) is 0 Å². The average Bonchev–Trinajstić information content (AvgIpc) is 2.80. The maximum absolute atomic E-state index is 3.00. The molecule has 1 nitrogen and oxygen atoms in total. The quantitative estimate of drug-likeness (QED) is 0.500. The van der Waals surface area contributed by atoms with E-state index in [-0.39, 0.29) is 0 Å². The zero-order chi connectivity index (χ0) is 11.5. The molecule has 0 N–H and O–H groups in total. The molecular weight excluding hydrogens is 182 g/mol. The Hall–Kier alpha value is -0.820. The molecule has 1 saturated heterocycles. The van der Waals surface area contributed by atoms with Crippen molar-refractivity contribution in [3.63, 3.8) is 0 Å². The average molecular weight is 207 g/mol. The van der Waals surface area contributed by atoms with Crippen LogP contribution in [-0.2, 0) is 0 Å². The molecule has 0 aliphatic carbocycles. The molecule has 0 amide bonds. The van der Waals surface area contributed by atoms with Gasteiger partial charge in [0.1, 0.15) is 0 Å². The summed E-state index contributed by atoms with van der Waals surface area (Å²) in [6.07, 6.45) is 10.7. The van der Waals surface area contributed by atoms with Gasteiger partial charge in [0.05, 0.1) is 0 Å². The smallest absolute Gasteiger partial charge is 0.0166 e. The van der Waals surface area contributed by atoms with Gasteiger partial charge in [-0.15, -0.1) is 13.2 Å². The number of hydrogen-bond acceptors (Lipinski definition) is 1. The van der Waals surface area contributed by atoms with Gasteiger partial charge < -0.3 is 0 Å². The second-order valence-corrected chi connectivity index (χ2v) is 3.63. The molecule has 0 radical (unpaired) electrons. The lowest BCUT2D eigenvalue weighted by Gasteiger charge is -2.10. The van der Waals surface area contributed by atoms with Crippen LogP contribution in [0.4, 0.5) is 0 Å². The minimum absolute atomic E-state index is 1.14. The van der Waals surface area contributed by atoms with Crippen LogP contribution in [0.5, 0.6) is 0 Å². The molecule has 1 heterocycles. The Morgan fingerprint density at radius 3 is 2.33 bits per heavy atom. The summed E-state index contributed by atoms with van der Waals surface area (Å²) in [5.41, 5.74) is 1.44. The number of likely N-dealkylation sites (tertiary alicyclic amines) is 1. The van der Waals surface area contributed by atoms with Gasteiger partial charge in [0.15, 0.2) is 0 Å². The fourth-order valence-electron chi connectivity index (χ4n) is 1.74. The van der Waals surface area contributed by atoms with Crippen LogP contribution in [0.2, 0.25) is 0 Å². The van der Waals surface area contributed by atoms with E-state index in [1.807, 2.05) is 0 Å². The van der Waals surface area contributed by atoms with Crippen molar-refractivity contribution in [3.8, 4) is 0 Å². The molecular formula is C14H25N. The number of nitrogens with zero attached hydrogens (tertiary/aromatic N) is 1. The summed E-state index contributed by atoms with van der Waals surface area (Å²) in [4.78, 5) is 2.51. The van der Waals surface area contributed by atoms with Gasteiger partial charge in [0, 0.05) is 6.54 Å². The molecule has 0 aromatic carbocycles. The van der Waals surface area contributed by atoms with Crippen molar-refractivity contribution >= 4 is 0 Å². The number of hydrogen-bond donors (Lipinski definition) is 0. The highest BCUT2D eigenvalue weighted by atomic mass is 15.1. The molecule has 1 rings (SSSR count). The number of rotatable bonds is 4. The molecule has 0 atom stereocenters. The van der Waals surface area contributed by atoms with E-state index < -0.39 is 0 Å². The third-order valence-electron chi connectivity index (χ3n) is 2.67. The SMILES string of the molecule is C/C=C(\C=C\CN1CCCC1)CC.C=C. The molecule has 1 heteroatoms. The number of allylic oxidation sites excluding steroid dienone is 3. The topological polar surface area (TPSA) is 3.24 Å². The van der Waals surface area contributed by atoms with Gasteiger partial charge >= 0.3 is 0 Å². The summed E-state index contributed by atoms with van der Waals surface area (Å²) in [5.74, 6) is 0. The largest absolute Gasteiger partial charge is 0.300 e. The van der Waals surface area contributed by atoms with E-state index in [9.17, 15) is 0 Å². The maximum atomic E-state index is 3.00. The standard InChI is InChI=1S/C12H21N.C2H4/c1-3-12(4-2)8-7-11-13-9-5-6-10-13;1-2/h3,7-8H,4-6,9-11H2,1-2H3;1-2H2/b8-7+,12-3-;. The van der Waals surface area contributed by atoms with Crippen LogP contribution in [0, 0.1) is 0 Å². The third-order valence-corrected chi connectivity index (χ3v) is 2.67. The predicted molar refractivity (Wildman–Crippen MR) is 70.1 cm³/mol. The predicted octanol–water partition coefficient (Wildman–Crippen LogP) is 3.80. The molecule has 0 spiro atoms. The first-order valence-corrected chi connectivity index (χ1v) is 5.91. The Kier molecular flexibility index (Phi) is 9.19. The van der Waals surface area contributed by atoms with Crippen molar-refractivity contribution in [1.29, 1.82) is 0 Å². The molecule has 0 aromatic heterocycles. The molecule has 0 unspecified atom stereocenters. The first-order valence-electron chi connectivity index (χ1n) is 5.91. The highest BCUT2D eigenvalue weighted by molar-refractivity contribution is 5.17. The zero-order valence-corrected chi connectivity index (χ0v) is 10.3. The van der Waals surface area contributed by atoms with Gasteiger partial charge in [-0.25, -0.2) is 0 Å². The first kappa shape index (κ1) is 14.2. The lowest BCUT2D eigenvalue weighted by molar-refractivity contribution is 0.377. The van der Waals surface area contributed by atoms with E-state index in [0.29, 0.717) is 0 Å². The van der Waals surface area contributed by atoms with E-state index in [1.54, 1.807) is 0 Å². The van der Waals surface area contributed by atoms with E-state index >= 15 is 0 Å². The Morgan fingerprint density at radius 2 is 1.87 bits per heavy atom. The lowest BCUT2D eigenvalue weighted by atomic mass is 10.2. The van der Waals surface area contributed by atoms with Crippen LogP contribution in [0.15, 0.2) is 37.0 Å². The van der Waals surface area contributed by atoms with Crippen molar-refractivity contribution in [2.75, 3.05) is 19.6 Å². The summed E-state index contributed by atoms with van der Waals surface area (Å²) < 4.78 is 0. The van der Waals surface area contributed by atoms with Gasteiger partial charge in [-0.05, 0) is 39.3 Å². The van der Waals surface area contributed by atoms with Crippen molar-refractivity contribution < 1.29 is 0 Å². The molecule has 1 aliphatic heterocycles. The van der Waals surface area contributed by atoms with Crippen molar-refractivity contribution in [2.24, 2.45) is 0 Å². The molecule has 0 aromatic rings. The van der Waals surface area contributed by atoms with Gasteiger partial charge in [0.25, 0.3) is 0 Å². The van der Waals surface area contributed by atoms with E-state index in [4.69, 9.17) is 0 Å². The van der Waals surface area contributed by atoms with Gasteiger partial charge in [-0.3, -0.25) is 4.90 Å². The lowest BCUT2D eigenvalue weighted by Crippen LogP contribution is -2.18. The molecule has 15 heavy (non-hydrogen) atoms. The summed E-state index contributed by atoms with van der Waals surface area (Å²) in [5, 5.41) is 0. The van der Waals surface area contributed by atoms with E-state index in [0.717, 1.165) is 13.0 Å². The zero-order valence-electron chi connectivity index (χ0n) is 10.3. The van der Waals surface area contributed by atoms with Crippen molar-refractivity contribution in [2.45, 2.75) is 33.1 Å². The molecule has 0 saturated carbocycles. The fraction of sp³-hybridized carbons (Fsp3) is 0.571. The Balaban J connectivity index is 0.000000921. The maximum Gasteiger partial charge on any atom is 0.0166 e. The highest BCUT2D eigenvalue weighted by Crippen LogP contribution is 2.07. The molecule has 1 fully saturated rings. The molecule has 0 bridgehead atoms.